The van der Waals surface area contributed by atoms with Gasteiger partial charge in [0.25, 0.3) is 5.78 Å². The summed E-state index contributed by atoms with van der Waals surface area (Å²) in [6, 6.07) is 4.22. The molecule has 0 aromatic carbocycles. The van der Waals surface area contributed by atoms with E-state index in [0.29, 0.717) is 5.78 Å². The molecule has 0 aliphatic carbocycles. The molecule has 0 amide bonds. The van der Waals surface area contributed by atoms with E-state index in [1.165, 1.54) is 20.2 Å². The van der Waals surface area contributed by atoms with E-state index in [1.54, 1.807) is 13.2 Å². The van der Waals surface area contributed by atoms with Crippen molar-refractivity contribution in [2.45, 2.75) is 26.8 Å². The van der Waals surface area contributed by atoms with Gasteiger partial charge in [0.15, 0.2) is 0 Å². The number of aryl methyl sites for hydroxylation is 3. The van der Waals surface area contributed by atoms with Gasteiger partial charge in [-0.05, 0) is 37.1 Å². The smallest absolute Gasteiger partial charge is 0.351 e. The Morgan fingerprint density at radius 1 is 1.14 bits per heavy atom. The van der Waals surface area contributed by atoms with E-state index < -0.39 is 0 Å². The Morgan fingerprint density at radius 3 is 2.83 bits per heavy atom. The quantitative estimate of drug-likeness (QED) is 0.524. The predicted octanol–water partition coefficient (Wildman–Crippen LogP) is 2.06. The minimum atomic E-state index is -0.188. The van der Waals surface area contributed by atoms with Gasteiger partial charge in [0.2, 0.25) is 0 Å². The molecule has 0 bridgehead atoms. The highest BCUT2D eigenvalue weighted by Crippen LogP contribution is 2.29. The molecule has 1 aliphatic heterocycles. The summed E-state index contributed by atoms with van der Waals surface area (Å²) < 4.78 is 2.80. The number of aromatic nitrogens is 6. The summed E-state index contributed by atoms with van der Waals surface area (Å²) in [4.78, 5) is 28.0. The SMILES string of the molecule is Cc1ccncc1-c1cnc2c(c1)CN(c1nc3nn(C)c(=O)n3cc1C)CC2. The molecule has 5 heterocycles. The van der Waals surface area contributed by atoms with E-state index in [4.69, 9.17) is 4.98 Å². The fourth-order valence-corrected chi connectivity index (χ4v) is 3.93. The molecule has 0 atom stereocenters. The first-order valence-electron chi connectivity index (χ1n) is 9.58. The van der Waals surface area contributed by atoms with Crippen LogP contribution in [-0.4, -0.2) is 35.7 Å². The van der Waals surface area contributed by atoms with Crippen LogP contribution in [0.15, 0.2) is 41.7 Å². The number of hydrogen-bond acceptors (Lipinski definition) is 6. The molecule has 4 aromatic heterocycles. The number of fused-ring (bicyclic) bond motifs is 2. The molecular weight excluding hydrogens is 366 g/mol. The second kappa shape index (κ2) is 6.51. The third-order valence-corrected chi connectivity index (χ3v) is 5.51. The molecule has 0 N–H and O–H groups in total. The van der Waals surface area contributed by atoms with Crippen molar-refractivity contribution in [2.75, 3.05) is 11.4 Å². The summed E-state index contributed by atoms with van der Waals surface area (Å²) in [6.07, 6.45) is 8.30. The van der Waals surface area contributed by atoms with E-state index in [9.17, 15) is 4.79 Å². The van der Waals surface area contributed by atoms with Gasteiger partial charge in [-0.2, -0.15) is 4.98 Å². The van der Waals surface area contributed by atoms with E-state index in [1.807, 2.05) is 31.6 Å². The first-order valence-corrected chi connectivity index (χ1v) is 9.58. The zero-order chi connectivity index (χ0) is 20.1. The van der Waals surface area contributed by atoms with Crippen molar-refractivity contribution >= 4 is 11.6 Å². The van der Waals surface area contributed by atoms with Gasteiger partial charge in [0.05, 0.1) is 0 Å². The van der Waals surface area contributed by atoms with Crippen LogP contribution in [-0.2, 0) is 20.0 Å². The highest BCUT2D eigenvalue weighted by molar-refractivity contribution is 5.66. The van der Waals surface area contributed by atoms with Gasteiger partial charge in [0.1, 0.15) is 5.82 Å². The van der Waals surface area contributed by atoms with Crippen molar-refractivity contribution in [3.8, 4) is 11.1 Å². The van der Waals surface area contributed by atoms with Crippen LogP contribution in [0.25, 0.3) is 16.9 Å². The Labute approximate surface area is 167 Å². The van der Waals surface area contributed by atoms with Gasteiger partial charge in [0, 0.05) is 73.7 Å². The molecule has 5 rings (SSSR count). The fraction of sp³-hybridized carbons (Fsp3) is 0.286. The molecule has 8 heteroatoms. The summed E-state index contributed by atoms with van der Waals surface area (Å²) in [5.41, 5.74) is 6.43. The van der Waals surface area contributed by atoms with Crippen LogP contribution in [0.1, 0.15) is 22.4 Å². The number of nitrogens with zero attached hydrogens (tertiary/aromatic N) is 7. The van der Waals surface area contributed by atoms with Gasteiger partial charge in [-0.1, -0.05) is 0 Å². The third kappa shape index (κ3) is 2.88. The Kier molecular flexibility index (Phi) is 3.94. The van der Waals surface area contributed by atoms with Crippen LogP contribution in [0.2, 0.25) is 0 Å². The van der Waals surface area contributed by atoms with E-state index in [-0.39, 0.29) is 5.69 Å². The lowest BCUT2D eigenvalue weighted by molar-refractivity contribution is 0.700. The first kappa shape index (κ1) is 17.5. The highest BCUT2D eigenvalue weighted by atomic mass is 16.2. The van der Waals surface area contributed by atoms with Gasteiger partial charge < -0.3 is 4.90 Å². The third-order valence-electron chi connectivity index (χ3n) is 5.51. The van der Waals surface area contributed by atoms with Crippen molar-refractivity contribution in [3.05, 3.63) is 69.8 Å². The second-order valence-electron chi connectivity index (χ2n) is 7.52. The molecule has 0 saturated carbocycles. The van der Waals surface area contributed by atoms with Gasteiger partial charge in [-0.3, -0.25) is 9.97 Å². The maximum atomic E-state index is 12.1. The Balaban J connectivity index is 1.53. The van der Waals surface area contributed by atoms with Gasteiger partial charge in [-0.15, -0.1) is 5.10 Å². The molecule has 0 spiro atoms. The average Bonchev–Trinajstić information content (AvgIpc) is 3.00. The largest absolute Gasteiger partial charge is 0.351 e. The van der Waals surface area contributed by atoms with Crippen molar-refractivity contribution in [1.82, 2.24) is 29.1 Å². The topological polar surface area (TPSA) is 81.2 Å². The van der Waals surface area contributed by atoms with E-state index >= 15 is 0 Å². The number of anilines is 1. The van der Waals surface area contributed by atoms with Crippen molar-refractivity contribution < 1.29 is 0 Å². The zero-order valence-electron chi connectivity index (χ0n) is 16.6. The summed E-state index contributed by atoms with van der Waals surface area (Å²) in [5.74, 6) is 1.28. The highest BCUT2D eigenvalue weighted by Gasteiger charge is 2.22. The molecular formula is C21H21N7O. The van der Waals surface area contributed by atoms with Gasteiger partial charge in [-0.25, -0.2) is 13.9 Å². The minimum Gasteiger partial charge on any atom is -0.351 e. The van der Waals surface area contributed by atoms with Gasteiger partial charge >= 0.3 is 5.69 Å². The fourth-order valence-electron chi connectivity index (χ4n) is 3.93. The molecule has 29 heavy (non-hydrogen) atoms. The van der Waals surface area contributed by atoms with Crippen LogP contribution in [0.3, 0.4) is 0 Å². The number of rotatable bonds is 2. The molecule has 0 fully saturated rings. The molecule has 0 radical (unpaired) electrons. The van der Waals surface area contributed by atoms with Crippen LogP contribution in [0.4, 0.5) is 5.82 Å². The lowest BCUT2D eigenvalue weighted by atomic mass is 9.99. The lowest BCUT2D eigenvalue weighted by Gasteiger charge is -2.30. The molecule has 146 valence electrons. The zero-order valence-corrected chi connectivity index (χ0v) is 16.6. The number of hydrogen-bond donors (Lipinski definition) is 0. The Morgan fingerprint density at radius 2 is 2.00 bits per heavy atom. The maximum Gasteiger partial charge on any atom is 0.351 e. The Hall–Kier alpha value is -3.55. The second-order valence-corrected chi connectivity index (χ2v) is 7.52. The normalized spacial score (nSPS) is 13.7. The van der Waals surface area contributed by atoms with Crippen LogP contribution < -0.4 is 10.6 Å². The summed E-state index contributed by atoms with van der Waals surface area (Å²) in [5, 5.41) is 4.23. The molecule has 1 aliphatic rings. The standard InChI is InChI=1S/C21H21N7O/c1-13-4-6-22-10-17(13)15-8-16-12-27(7-5-18(16)23-9-15)19-14(2)11-28-20(24-19)25-26(3)21(28)29/h4,6,8-11H,5,7,12H2,1-3H3. The maximum absolute atomic E-state index is 12.1. The monoisotopic (exact) mass is 387 g/mol. The predicted molar refractivity (Wildman–Crippen MR) is 110 cm³/mol. The summed E-state index contributed by atoms with van der Waals surface area (Å²) >= 11 is 0. The van der Waals surface area contributed by atoms with E-state index in [0.717, 1.165) is 47.7 Å². The number of pyridine rings is 2. The lowest BCUT2D eigenvalue weighted by Crippen LogP contribution is -2.32. The van der Waals surface area contributed by atoms with Crippen molar-refractivity contribution in [2.24, 2.45) is 7.05 Å². The van der Waals surface area contributed by atoms with E-state index in [2.05, 4.69) is 33.0 Å². The van der Waals surface area contributed by atoms with Crippen LogP contribution >= 0.6 is 0 Å². The summed E-state index contributed by atoms with van der Waals surface area (Å²) in [6.45, 7) is 5.60. The van der Waals surface area contributed by atoms with Crippen LogP contribution in [0.5, 0.6) is 0 Å². The molecule has 4 aromatic rings. The van der Waals surface area contributed by atoms with Crippen molar-refractivity contribution in [1.29, 1.82) is 0 Å². The first-order chi connectivity index (χ1) is 14.0. The molecule has 0 saturated heterocycles. The summed E-state index contributed by atoms with van der Waals surface area (Å²) in [7, 11) is 1.64. The van der Waals surface area contributed by atoms with Crippen molar-refractivity contribution in [3.63, 3.8) is 0 Å². The minimum absolute atomic E-state index is 0.188. The Bertz CT molecular complexity index is 1300. The average molecular weight is 387 g/mol. The molecule has 8 nitrogen and oxygen atoms in total. The molecule has 0 unspecified atom stereocenters. The van der Waals surface area contributed by atoms with Crippen LogP contribution in [0, 0.1) is 13.8 Å².